The predicted octanol–water partition coefficient (Wildman–Crippen LogP) is 3.87. The van der Waals surface area contributed by atoms with E-state index >= 15 is 0 Å². The van der Waals surface area contributed by atoms with Crippen molar-refractivity contribution in [1.29, 1.82) is 0 Å². The summed E-state index contributed by atoms with van der Waals surface area (Å²) in [6.45, 7) is 4.15. The predicted molar refractivity (Wildman–Crippen MR) is 78.4 cm³/mol. The number of fused-ring (bicyclic) bond motifs is 1. The lowest BCUT2D eigenvalue weighted by Gasteiger charge is -2.14. The molecule has 0 radical (unpaired) electrons. The van der Waals surface area contributed by atoms with Crippen molar-refractivity contribution in [3.63, 3.8) is 0 Å². The quantitative estimate of drug-likeness (QED) is 0.860. The summed E-state index contributed by atoms with van der Waals surface area (Å²) in [7, 11) is 0. The van der Waals surface area contributed by atoms with E-state index in [-0.39, 0.29) is 0 Å². The van der Waals surface area contributed by atoms with Gasteiger partial charge >= 0.3 is 0 Å². The Balaban J connectivity index is 1.97. The molecule has 0 saturated heterocycles. The van der Waals surface area contributed by atoms with Crippen LogP contribution in [0.15, 0.2) is 36.4 Å². The van der Waals surface area contributed by atoms with Gasteiger partial charge in [0.15, 0.2) is 0 Å². The first kappa shape index (κ1) is 12.4. The summed E-state index contributed by atoms with van der Waals surface area (Å²) in [5.41, 5.74) is 7.30. The largest absolute Gasteiger partial charge is 0.384 e. The normalized spacial score (nSPS) is 15.3. The summed E-state index contributed by atoms with van der Waals surface area (Å²) in [5.74, 6) is 0. The van der Waals surface area contributed by atoms with E-state index in [4.69, 9.17) is 0 Å². The maximum Gasteiger partial charge on any atom is 0.104 e. The Kier molecular flexibility index (Phi) is 3.16. The fraction of sp³-hybridized carbons (Fsp3) is 0.333. The van der Waals surface area contributed by atoms with E-state index in [0.717, 1.165) is 17.5 Å². The molecular weight excluding hydrogens is 232 g/mol. The van der Waals surface area contributed by atoms with Crippen LogP contribution in [0.2, 0.25) is 0 Å². The zero-order valence-electron chi connectivity index (χ0n) is 11.6. The van der Waals surface area contributed by atoms with Crippen molar-refractivity contribution in [2.24, 2.45) is 0 Å². The van der Waals surface area contributed by atoms with Gasteiger partial charge in [0.05, 0.1) is 0 Å². The number of benzene rings is 2. The molecule has 2 aromatic rings. The van der Waals surface area contributed by atoms with Gasteiger partial charge in [-0.25, -0.2) is 0 Å². The Morgan fingerprint density at radius 3 is 2.26 bits per heavy atom. The van der Waals surface area contributed by atoms with Crippen molar-refractivity contribution in [2.75, 3.05) is 0 Å². The molecule has 98 valence electrons. The summed E-state index contributed by atoms with van der Waals surface area (Å²) in [6.07, 6.45) is 3.08. The topological polar surface area (TPSA) is 20.2 Å². The lowest BCUT2D eigenvalue weighted by molar-refractivity contribution is 0.220. The summed E-state index contributed by atoms with van der Waals surface area (Å²) in [6, 6.07) is 12.7. The number of hydrogen-bond acceptors (Lipinski definition) is 1. The molecule has 0 amide bonds. The summed E-state index contributed by atoms with van der Waals surface area (Å²) >= 11 is 0. The van der Waals surface area contributed by atoms with Gasteiger partial charge in [-0.05, 0) is 55.4 Å². The minimum atomic E-state index is -0.510. The maximum absolute atomic E-state index is 10.6. The van der Waals surface area contributed by atoms with Gasteiger partial charge in [0, 0.05) is 0 Å². The second-order valence-electron chi connectivity index (χ2n) is 5.71. The number of aryl methyl sites for hydroxylation is 4. The van der Waals surface area contributed by atoms with Gasteiger partial charge in [0.2, 0.25) is 0 Å². The standard InChI is InChI=1S/C18H20O/c1-12-8-13(2)10-17(9-12)18(19)16-7-6-14-4-3-5-15(14)11-16/h6-11,18-19H,3-5H2,1-2H3. The van der Waals surface area contributed by atoms with Gasteiger partial charge in [-0.3, -0.25) is 0 Å². The molecule has 1 aliphatic rings. The fourth-order valence-corrected chi connectivity index (χ4v) is 3.12. The van der Waals surface area contributed by atoms with Crippen molar-refractivity contribution in [3.05, 3.63) is 69.8 Å². The molecule has 19 heavy (non-hydrogen) atoms. The van der Waals surface area contributed by atoms with Gasteiger partial charge < -0.3 is 5.11 Å². The van der Waals surface area contributed by atoms with Crippen LogP contribution in [-0.4, -0.2) is 5.11 Å². The van der Waals surface area contributed by atoms with E-state index in [1.54, 1.807) is 0 Å². The monoisotopic (exact) mass is 252 g/mol. The molecule has 0 fully saturated rings. The first-order chi connectivity index (χ1) is 9.13. The average molecular weight is 252 g/mol. The number of hydrogen-bond donors (Lipinski definition) is 1. The number of aliphatic hydroxyl groups is 1. The first-order valence-corrected chi connectivity index (χ1v) is 7.01. The van der Waals surface area contributed by atoms with Crippen LogP contribution in [0.4, 0.5) is 0 Å². The maximum atomic E-state index is 10.6. The molecule has 1 unspecified atom stereocenters. The summed E-state index contributed by atoms with van der Waals surface area (Å²) < 4.78 is 0. The zero-order valence-corrected chi connectivity index (χ0v) is 11.6. The van der Waals surface area contributed by atoms with Crippen molar-refractivity contribution >= 4 is 0 Å². The molecule has 0 spiro atoms. The molecule has 1 N–H and O–H groups in total. The van der Waals surface area contributed by atoms with Crippen molar-refractivity contribution < 1.29 is 5.11 Å². The van der Waals surface area contributed by atoms with Gasteiger partial charge in [-0.2, -0.15) is 0 Å². The van der Waals surface area contributed by atoms with Crippen LogP contribution in [-0.2, 0) is 12.8 Å². The van der Waals surface area contributed by atoms with E-state index in [1.165, 1.54) is 35.1 Å². The molecular formula is C18H20O. The van der Waals surface area contributed by atoms with E-state index in [1.807, 2.05) is 0 Å². The Morgan fingerprint density at radius 1 is 0.842 bits per heavy atom. The molecule has 2 aromatic carbocycles. The van der Waals surface area contributed by atoms with Crippen LogP contribution >= 0.6 is 0 Å². The SMILES string of the molecule is Cc1cc(C)cc(C(O)c2ccc3c(c2)CCC3)c1. The highest BCUT2D eigenvalue weighted by Crippen LogP contribution is 2.29. The van der Waals surface area contributed by atoms with E-state index in [2.05, 4.69) is 50.2 Å². The first-order valence-electron chi connectivity index (χ1n) is 7.01. The Labute approximate surface area is 114 Å². The van der Waals surface area contributed by atoms with Crippen LogP contribution in [0.1, 0.15) is 45.9 Å². The molecule has 0 heterocycles. The highest BCUT2D eigenvalue weighted by molar-refractivity contribution is 5.40. The number of aliphatic hydroxyl groups excluding tert-OH is 1. The van der Waals surface area contributed by atoms with Gasteiger partial charge in [-0.1, -0.05) is 47.5 Å². The third-order valence-electron chi connectivity index (χ3n) is 4.00. The molecule has 1 heteroatoms. The molecule has 1 nitrogen and oxygen atoms in total. The number of rotatable bonds is 2. The summed E-state index contributed by atoms with van der Waals surface area (Å²) in [4.78, 5) is 0. The molecule has 0 aliphatic heterocycles. The zero-order chi connectivity index (χ0) is 13.4. The van der Waals surface area contributed by atoms with Crippen LogP contribution in [0.3, 0.4) is 0 Å². The van der Waals surface area contributed by atoms with Crippen LogP contribution in [0.25, 0.3) is 0 Å². The van der Waals surface area contributed by atoms with E-state index in [9.17, 15) is 5.11 Å². The minimum absolute atomic E-state index is 0.510. The molecule has 0 aromatic heterocycles. The van der Waals surface area contributed by atoms with Crippen molar-refractivity contribution in [3.8, 4) is 0 Å². The molecule has 0 saturated carbocycles. The minimum Gasteiger partial charge on any atom is -0.384 e. The fourth-order valence-electron chi connectivity index (χ4n) is 3.12. The third kappa shape index (κ3) is 2.43. The smallest absolute Gasteiger partial charge is 0.104 e. The van der Waals surface area contributed by atoms with E-state index < -0.39 is 6.10 Å². The van der Waals surface area contributed by atoms with Gasteiger partial charge in [-0.15, -0.1) is 0 Å². The molecule has 0 bridgehead atoms. The highest BCUT2D eigenvalue weighted by atomic mass is 16.3. The Morgan fingerprint density at radius 2 is 1.53 bits per heavy atom. The summed E-state index contributed by atoms with van der Waals surface area (Å²) in [5, 5.41) is 10.6. The van der Waals surface area contributed by atoms with E-state index in [0.29, 0.717) is 0 Å². The molecule has 3 rings (SSSR count). The lowest BCUT2D eigenvalue weighted by Crippen LogP contribution is -2.01. The van der Waals surface area contributed by atoms with Crippen LogP contribution in [0.5, 0.6) is 0 Å². The second kappa shape index (κ2) is 4.82. The Bertz CT molecular complexity index is 593. The second-order valence-corrected chi connectivity index (χ2v) is 5.71. The van der Waals surface area contributed by atoms with Crippen LogP contribution in [0, 0.1) is 13.8 Å². The van der Waals surface area contributed by atoms with Crippen LogP contribution < -0.4 is 0 Å². The average Bonchev–Trinajstić information content (AvgIpc) is 2.83. The molecule has 1 aliphatic carbocycles. The molecule has 1 atom stereocenters. The van der Waals surface area contributed by atoms with Gasteiger partial charge in [0.25, 0.3) is 0 Å². The van der Waals surface area contributed by atoms with Crippen molar-refractivity contribution in [2.45, 2.75) is 39.2 Å². The van der Waals surface area contributed by atoms with Gasteiger partial charge in [0.1, 0.15) is 6.10 Å². The Hall–Kier alpha value is -1.60. The highest BCUT2D eigenvalue weighted by Gasteiger charge is 2.16. The lowest BCUT2D eigenvalue weighted by atomic mass is 9.96. The third-order valence-corrected chi connectivity index (χ3v) is 4.00. The van der Waals surface area contributed by atoms with Crippen molar-refractivity contribution in [1.82, 2.24) is 0 Å².